The molecule has 1 heterocycles. The molecule has 5 heteroatoms. The van der Waals surface area contributed by atoms with Crippen LogP contribution in [0.25, 0.3) is 10.2 Å². The van der Waals surface area contributed by atoms with Crippen molar-refractivity contribution in [2.75, 3.05) is 11.9 Å². The van der Waals surface area contributed by atoms with Crippen LogP contribution in [0.2, 0.25) is 0 Å². The summed E-state index contributed by atoms with van der Waals surface area (Å²) in [6.07, 6.45) is 0. The molecule has 0 spiro atoms. The third kappa shape index (κ3) is 2.94. The Labute approximate surface area is 129 Å². The monoisotopic (exact) mass is 348 g/mol. The summed E-state index contributed by atoms with van der Waals surface area (Å²) in [5, 5.41) is 4.20. The maximum absolute atomic E-state index is 5.51. The first-order valence-electron chi connectivity index (χ1n) is 6.30. The summed E-state index contributed by atoms with van der Waals surface area (Å²) in [4.78, 5) is 4.57. The van der Waals surface area contributed by atoms with Crippen molar-refractivity contribution in [3.63, 3.8) is 0 Å². The molecule has 0 fully saturated rings. The van der Waals surface area contributed by atoms with Gasteiger partial charge in [0.25, 0.3) is 0 Å². The molecule has 102 valence electrons. The third-order valence-electron chi connectivity index (χ3n) is 2.77. The number of nitrogens with zero attached hydrogens (tertiary/aromatic N) is 1. The van der Waals surface area contributed by atoms with E-state index in [1.54, 1.807) is 11.3 Å². The number of benzene rings is 2. The molecule has 1 aromatic heterocycles. The van der Waals surface area contributed by atoms with Crippen molar-refractivity contribution in [2.45, 2.75) is 6.92 Å². The van der Waals surface area contributed by atoms with Crippen LogP contribution in [0, 0.1) is 0 Å². The number of nitrogens with one attached hydrogen (secondary N) is 1. The van der Waals surface area contributed by atoms with Gasteiger partial charge in [-0.1, -0.05) is 27.3 Å². The van der Waals surface area contributed by atoms with Crippen LogP contribution in [0.3, 0.4) is 0 Å². The number of thiazole rings is 1. The molecule has 1 N–H and O–H groups in total. The highest BCUT2D eigenvalue weighted by molar-refractivity contribution is 9.10. The zero-order valence-corrected chi connectivity index (χ0v) is 13.3. The average molecular weight is 349 g/mol. The zero-order chi connectivity index (χ0) is 13.9. The van der Waals surface area contributed by atoms with Crippen LogP contribution in [-0.2, 0) is 0 Å². The Kier molecular flexibility index (Phi) is 3.89. The van der Waals surface area contributed by atoms with Gasteiger partial charge in [0.05, 0.1) is 16.8 Å². The van der Waals surface area contributed by atoms with Gasteiger partial charge in [-0.3, -0.25) is 0 Å². The summed E-state index contributed by atoms with van der Waals surface area (Å²) in [5.41, 5.74) is 2.01. The maximum Gasteiger partial charge on any atom is 0.188 e. The molecule has 3 nitrogen and oxygen atoms in total. The fraction of sp³-hybridized carbons (Fsp3) is 0.133. The van der Waals surface area contributed by atoms with E-state index in [9.17, 15) is 0 Å². The fourth-order valence-electron chi connectivity index (χ4n) is 1.87. The van der Waals surface area contributed by atoms with Crippen molar-refractivity contribution in [1.82, 2.24) is 4.98 Å². The van der Waals surface area contributed by atoms with E-state index in [1.807, 2.05) is 49.4 Å². The average Bonchev–Trinajstić information content (AvgIpc) is 2.83. The van der Waals surface area contributed by atoms with E-state index in [0.717, 1.165) is 31.3 Å². The van der Waals surface area contributed by atoms with E-state index >= 15 is 0 Å². The summed E-state index contributed by atoms with van der Waals surface area (Å²) >= 11 is 5.05. The van der Waals surface area contributed by atoms with Gasteiger partial charge in [-0.2, -0.15) is 0 Å². The Morgan fingerprint density at radius 2 is 2.00 bits per heavy atom. The first-order valence-corrected chi connectivity index (χ1v) is 7.91. The van der Waals surface area contributed by atoms with Crippen molar-refractivity contribution in [3.8, 4) is 5.75 Å². The lowest BCUT2D eigenvalue weighted by molar-refractivity contribution is 0.341. The van der Waals surface area contributed by atoms with Crippen LogP contribution >= 0.6 is 27.3 Å². The quantitative estimate of drug-likeness (QED) is 0.703. The second kappa shape index (κ2) is 5.81. The predicted octanol–water partition coefficient (Wildman–Crippen LogP) is 5.20. The SMILES string of the molecule is CCOc1ccc2nc(Nc3ccc(Br)cc3)sc2c1. The van der Waals surface area contributed by atoms with Crippen molar-refractivity contribution >= 4 is 48.3 Å². The summed E-state index contributed by atoms with van der Waals surface area (Å²) in [7, 11) is 0. The van der Waals surface area contributed by atoms with Gasteiger partial charge in [0, 0.05) is 10.2 Å². The zero-order valence-electron chi connectivity index (χ0n) is 10.9. The van der Waals surface area contributed by atoms with Crippen LogP contribution < -0.4 is 10.1 Å². The lowest BCUT2D eigenvalue weighted by Gasteiger charge is -2.01. The van der Waals surface area contributed by atoms with Crippen LogP contribution in [0.1, 0.15) is 6.92 Å². The Hall–Kier alpha value is -1.59. The van der Waals surface area contributed by atoms with E-state index in [1.165, 1.54) is 0 Å². The van der Waals surface area contributed by atoms with Crippen molar-refractivity contribution < 1.29 is 4.74 Å². The summed E-state index contributed by atoms with van der Waals surface area (Å²) in [6, 6.07) is 14.0. The number of fused-ring (bicyclic) bond motifs is 1. The number of anilines is 2. The number of ether oxygens (including phenoxy) is 1. The smallest absolute Gasteiger partial charge is 0.188 e. The molecule has 0 bridgehead atoms. The molecule has 2 aromatic carbocycles. The highest BCUT2D eigenvalue weighted by Gasteiger charge is 2.05. The van der Waals surface area contributed by atoms with Crippen molar-refractivity contribution in [1.29, 1.82) is 0 Å². The van der Waals surface area contributed by atoms with E-state index in [4.69, 9.17) is 4.74 Å². The molecule has 0 radical (unpaired) electrons. The lowest BCUT2D eigenvalue weighted by atomic mass is 10.3. The minimum absolute atomic E-state index is 0.675. The number of halogens is 1. The Morgan fingerprint density at radius 1 is 1.20 bits per heavy atom. The van der Waals surface area contributed by atoms with Gasteiger partial charge >= 0.3 is 0 Å². The minimum Gasteiger partial charge on any atom is -0.494 e. The highest BCUT2D eigenvalue weighted by atomic mass is 79.9. The minimum atomic E-state index is 0.675. The van der Waals surface area contributed by atoms with Crippen molar-refractivity contribution in [3.05, 3.63) is 46.9 Å². The molecule has 20 heavy (non-hydrogen) atoms. The molecule has 3 rings (SSSR count). The first kappa shape index (κ1) is 13.4. The number of rotatable bonds is 4. The molecule has 0 saturated carbocycles. The Balaban J connectivity index is 1.86. The Morgan fingerprint density at radius 3 is 2.75 bits per heavy atom. The maximum atomic E-state index is 5.51. The van der Waals surface area contributed by atoms with Gasteiger partial charge in [0.15, 0.2) is 5.13 Å². The van der Waals surface area contributed by atoms with Gasteiger partial charge in [-0.05, 0) is 49.4 Å². The fourth-order valence-corrected chi connectivity index (χ4v) is 3.05. The normalized spacial score (nSPS) is 10.7. The van der Waals surface area contributed by atoms with Crippen LogP contribution in [0.15, 0.2) is 46.9 Å². The van der Waals surface area contributed by atoms with Gasteiger partial charge in [-0.15, -0.1) is 0 Å². The molecule has 0 aliphatic heterocycles. The van der Waals surface area contributed by atoms with Gasteiger partial charge < -0.3 is 10.1 Å². The topological polar surface area (TPSA) is 34.1 Å². The predicted molar refractivity (Wildman–Crippen MR) is 88.2 cm³/mol. The first-order chi connectivity index (χ1) is 9.74. The lowest BCUT2D eigenvalue weighted by Crippen LogP contribution is -1.90. The molecule has 3 aromatic rings. The summed E-state index contributed by atoms with van der Waals surface area (Å²) in [6.45, 7) is 2.66. The number of aromatic nitrogens is 1. The third-order valence-corrected chi connectivity index (χ3v) is 4.23. The standard InChI is InChI=1S/C15H13BrN2OS/c1-2-19-12-7-8-13-14(9-12)20-15(18-13)17-11-5-3-10(16)4-6-11/h3-9H,2H2,1H3,(H,17,18). The van der Waals surface area contributed by atoms with E-state index in [-0.39, 0.29) is 0 Å². The largest absolute Gasteiger partial charge is 0.494 e. The van der Waals surface area contributed by atoms with Crippen LogP contribution in [0.5, 0.6) is 5.75 Å². The molecule has 0 aliphatic rings. The number of hydrogen-bond donors (Lipinski definition) is 1. The summed E-state index contributed by atoms with van der Waals surface area (Å²) in [5.74, 6) is 0.888. The molecule has 0 unspecified atom stereocenters. The molecular weight excluding hydrogens is 336 g/mol. The Bertz CT molecular complexity index is 724. The van der Waals surface area contributed by atoms with Crippen molar-refractivity contribution in [2.24, 2.45) is 0 Å². The summed E-state index contributed by atoms with van der Waals surface area (Å²) < 4.78 is 7.69. The van der Waals surface area contributed by atoms with E-state index < -0.39 is 0 Å². The molecule has 0 aliphatic carbocycles. The highest BCUT2D eigenvalue weighted by Crippen LogP contribution is 2.31. The van der Waals surface area contributed by atoms with Gasteiger partial charge in [0.2, 0.25) is 0 Å². The molecule has 0 atom stereocenters. The van der Waals surface area contributed by atoms with Crippen LogP contribution in [0.4, 0.5) is 10.8 Å². The second-order valence-electron chi connectivity index (χ2n) is 4.21. The van der Waals surface area contributed by atoms with Gasteiger partial charge in [-0.25, -0.2) is 4.98 Å². The van der Waals surface area contributed by atoms with Gasteiger partial charge in [0.1, 0.15) is 5.75 Å². The van der Waals surface area contributed by atoms with E-state index in [0.29, 0.717) is 6.61 Å². The molecular formula is C15H13BrN2OS. The number of hydrogen-bond acceptors (Lipinski definition) is 4. The second-order valence-corrected chi connectivity index (χ2v) is 6.16. The van der Waals surface area contributed by atoms with E-state index in [2.05, 4.69) is 26.2 Å². The van der Waals surface area contributed by atoms with Crippen LogP contribution in [-0.4, -0.2) is 11.6 Å². The molecule has 0 saturated heterocycles. The molecule has 0 amide bonds.